The fraction of sp³-hybridized carbons (Fsp3) is 0.444. The maximum Gasteiger partial charge on any atom is 0.265 e. The van der Waals surface area contributed by atoms with Gasteiger partial charge in [0, 0.05) is 12.1 Å². The fourth-order valence-corrected chi connectivity index (χ4v) is 1.66. The Balaban J connectivity index is 2.57. The molecule has 6 heteroatoms. The standard InChI is InChI=1S/C9H13NO4S/c11-7-6-10-4-1-9(2-5-10)3-8-15(12,13)14/h1-2,4-5,11H,3,6-8H2/p+1. The van der Waals surface area contributed by atoms with Crippen LogP contribution >= 0.6 is 0 Å². The summed E-state index contributed by atoms with van der Waals surface area (Å²) in [5.74, 6) is -0.267. The van der Waals surface area contributed by atoms with Gasteiger partial charge in [0.2, 0.25) is 0 Å². The first-order chi connectivity index (χ1) is 7.01. The van der Waals surface area contributed by atoms with Crippen molar-refractivity contribution in [2.24, 2.45) is 0 Å². The number of aromatic nitrogens is 1. The Bertz CT molecular complexity index is 399. The summed E-state index contributed by atoms with van der Waals surface area (Å²) in [7, 11) is -3.89. The van der Waals surface area contributed by atoms with Crippen LogP contribution in [0.4, 0.5) is 0 Å². The van der Waals surface area contributed by atoms with Crippen LogP contribution in [0.25, 0.3) is 0 Å². The molecule has 0 saturated heterocycles. The van der Waals surface area contributed by atoms with Crippen LogP contribution in [0.15, 0.2) is 24.5 Å². The average molecular weight is 232 g/mol. The van der Waals surface area contributed by atoms with E-state index in [0.717, 1.165) is 5.56 Å². The van der Waals surface area contributed by atoms with Gasteiger partial charge in [0.25, 0.3) is 10.1 Å². The van der Waals surface area contributed by atoms with Gasteiger partial charge < -0.3 is 5.11 Å². The van der Waals surface area contributed by atoms with Crippen LogP contribution in [0.1, 0.15) is 5.56 Å². The largest absolute Gasteiger partial charge is 0.390 e. The lowest BCUT2D eigenvalue weighted by Gasteiger charge is -1.98. The number of aliphatic hydroxyl groups is 1. The van der Waals surface area contributed by atoms with Gasteiger partial charge in [-0.15, -0.1) is 0 Å². The Hall–Kier alpha value is -0.980. The van der Waals surface area contributed by atoms with Gasteiger partial charge in [-0.2, -0.15) is 8.42 Å². The maximum atomic E-state index is 10.5. The second-order valence-corrected chi connectivity index (χ2v) is 4.78. The predicted molar refractivity (Wildman–Crippen MR) is 53.8 cm³/mol. The molecule has 2 N–H and O–H groups in total. The van der Waals surface area contributed by atoms with Crippen LogP contribution in [0.2, 0.25) is 0 Å². The van der Waals surface area contributed by atoms with Gasteiger partial charge >= 0.3 is 0 Å². The second kappa shape index (κ2) is 5.20. The molecule has 0 unspecified atom stereocenters. The van der Waals surface area contributed by atoms with E-state index in [1.807, 2.05) is 0 Å². The van der Waals surface area contributed by atoms with Gasteiger partial charge in [-0.25, -0.2) is 4.57 Å². The smallest absolute Gasteiger partial charge is 0.265 e. The zero-order valence-electron chi connectivity index (χ0n) is 8.20. The summed E-state index contributed by atoms with van der Waals surface area (Å²) >= 11 is 0. The van der Waals surface area contributed by atoms with Crippen molar-refractivity contribution in [3.63, 3.8) is 0 Å². The van der Waals surface area contributed by atoms with Crippen molar-refractivity contribution in [2.45, 2.75) is 13.0 Å². The summed E-state index contributed by atoms with van der Waals surface area (Å²) in [5, 5.41) is 8.67. The minimum atomic E-state index is -3.89. The van der Waals surface area contributed by atoms with Gasteiger partial charge in [-0.3, -0.25) is 4.55 Å². The molecular formula is C9H14NO4S+. The Labute approximate surface area is 88.7 Å². The molecule has 0 aliphatic carbocycles. The van der Waals surface area contributed by atoms with Crippen molar-refractivity contribution in [2.75, 3.05) is 12.4 Å². The number of pyridine rings is 1. The van der Waals surface area contributed by atoms with Crippen molar-refractivity contribution in [1.82, 2.24) is 0 Å². The van der Waals surface area contributed by atoms with Crippen LogP contribution in [0.3, 0.4) is 0 Å². The molecule has 0 amide bonds. The highest BCUT2D eigenvalue weighted by atomic mass is 32.2. The van der Waals surface area contributed by atoms with Gasteiger partial charge in [0.1, 0.15) is 6.61 Å². The number of nitrogens with zero attached hydrogens (tertiary/aromatic N) is 1. The number of rotatable bonds is 5. The third-order valence-corrected chi connectivity index (χ3v) is 2.69. The molecule has 1 rings (SSSR count). The quantitative estimate of drug-likeness (QED) is 0.525. The third kappa shape index (κ3) is 4.87. The SMILES string of the molecule is O=S(=O)(O)CCc1cc[n+](CCO)cc1. The lowest BCUT2D eigenvalue weighted by molar-refractivity contribution is -0.698. The second-order valence-electron chi connectivity index (χ2n) is 3.20. The molecule has 1 heterocycles. The van der Waals surface area contributed by atoms with E-state index in [1.165, 1.54) is 0 Å². The molecule has 84 valence electrons. The van der Waals surface area contributed by atoms with Gasteiger partial charge in [-0.1, -0.05) is 0 Å². The minimum Gasteiger partial charge on any atom is -0.390 e. The lowest BCUT2D eigenvalue weighted by atomic mass is 10.2. The van der Waals surface area contributed by atoms with E-state index >= 15 is 0 Å². The molecule has 0 aromatic carbocycles. The lowest BCUT2D eigenvalue weighted by Crippen LogP contribution is -2.34. The molecule has 0 saturated carbocycles. The number of aliphatic hydroxyl groups excluding tert-OH is 1. The first-order valence-corrected chi connectivity index (χ1v) is 6.16. The first-order valence-electron chi connectivity index (χ1n) is 4.55. The maximum absolute atomic E-state index is 10.5. The molecule has 15 heavy (non-hydrogen) atoms. The molecule has 0 bridgehead atoms. The summed E-state index contributed by atoms with van der Waals surface area (Å²) in [5.41, 5.74) is 0.835. The normalized spacial score (nSPS) is 11.6. The molecule has 1 aromatic rings. The fourth-order valence-electron chi connectivity index (χ4n) is 1.17. The highest BCUT2D eigenvalue weighted by Gasteiger charge is 2.06. The van der Waals surface area contributed by atoms with E-state index in [-0.39, 0.29) is 12.4 Å². The minimum absolute atomic E-state index is 0.0645. The molecule has 0 fully saturated rings. The summed E-state index contributed by atoms with van der Waals surface area (Å²) < 4.78 is 31.3. The summed E-state index contributed by atoms with van der Waals surface area (Å²) in [4.78, 5) is 0. The van der Waals surface area contributed by atoms with E-state index in [9.17, 15) is 8.42 Å². The van der Waals surface area contributed by atoms with E-state index in [1.54, 1.807) is 29.1 Å². The van der Waals surface area contributed by atoms with E-state index < -0.39 is 10.1 Å². The monoisotopic (exact) mass is 232 g/mol. The van der Waals surface area contributed by atoms with Crippen molar-refractivity contribution in [3.05, 3.63) is 30.1 Å². The average Bonchev–Trinajstić information content (AvgIpc) is 2.16. The number of aryl methyl sites for hydroxylation is 1. The number of hydrogen-bond donors (Lipinski definition) is 2. The third-order valence-electron chi connectivity index (χ3n) is 1.97. The summed E-state index contributed by atoms with van der Waals surface area (Å²) in [6.45, 7) is 0.577. The summed E-state index contributed by atoms with van der Waals surface area (Å²) in [6.07, 6.45) is 3.81. The van der Waals surface area contributed by atoms with Crippen LogP contribution in [-0.4, -0.2) is 30.4 Å². The molecule has 0 aliphatic rings. The van der Waals surface area contributed by atoms with E-state index in [2.05, 4.69) is 0 Å². The highest BCUT2D eigenvalue weighted by Crippen LogP contribution is 1.98. The van der Waals surface area contributed by atoms with E-state index in [0.29, 0.717) is 13.0 Å². The summed E-state index contributed by atoms with van der Waals surface area (Å²) in [6, 6.07) is 3.53. The zero-order valence-corrected chi connectivity index (χ0v) is 9.02. The molecule has 0 atom stereocenters. The van der Waals surface area contributed by atoms with Gasteiger partial charge in [-0.05, 0) is 12.0 Å². The Kier molecular flexibility index (Phi) is 4.19. The highest BCUT2D eigenvalue weighted by molar-refractivity contribution is 7.85. The number of hydrogen-bond acceptors (Lipinski definition) is 3. The van der Waals surface area contributed by atoms with Crippen molar-refractivity contribution < 1.29 is 22.6 Å². The zero-order chi connectivity index (χ0) is 11.3. The van der Waals surface area contributed by atoms with Crippen LogP contribution in [0, 0.1) is 0 Å². The molecule has 0 aliphatic heterocycles. The van der Waals surface area contributed by atoms with Crippen LogP contribution < -0.4 is 4.57 Å². The van der Waals surface area contributed by atoms with Crippen molar-refractivity contribution in [3.8, 4) is 0 Å². The Morgan fingerprint density at radius 2 is 1.87 bits per heavy atom. The topological polar surface area (TPSA) is 78.5 Å². The van der Waals surface area contributed by atoms with Crippen molar-refractivity contribution in [1.29, 1.82) is 0 Å². The first kappa shape index (κ1) is 12.1. The molecule has 5 nitrogen and oxygen atoms in total. The molecule has 0 radical (unpaired) electrons. The predicted octanol–water partition coefficient (Wildman–Crippen LogP) is -0.603. The Morgan fingerprint density at radius 1 is 1.27 bits per heavy atom. The van der Waals surface area contributed by atoms with Crippen LogP contribution in [-0.2, 0) is 23.1 Å². The van der Waals surface area contributed by atoms with Crippen LogP contribution in [0.5, 0.6) is 0 Å². The molecule has 0 spiro atoms. The van der Waals surface area contributed by atoms with Gasteiger partial charge in [0.15, 0.2) is 18.9 Å². The van der Waals surface area contributed by atoms with Gasteiger partial charge in [0.05, 0.1) is 5.75 Å². The molecular weight excluding hydrogens is 218 g/mol. The Morgan fingerprint density at radius 3 is 2.33 bits per heavy atom. The van der Waals surface area contributed by atoms with Crippen molar-refractivity contribution >= 4 is 10.1 Å². The molecule has 1 aromatic heterocycles. The van der Waals surface area contributed by atoms with E-state index in [4.69, 9.17) is 9.66 Å².